The van der Waals surface area contributed by atoms with Gasteiger partial charge in [0.25, 0.3) is 10.2 Å². The predicted molar refractivity (Wildman–Crippen MR) is 107 cm³/mol. The Morgan fingerprint density at radius 2 is 2.07 bits per heavy atom. The van der Waals surface area contributed by atoms with Crippen molar-refractivity contribution in [3.05, 3.63) is 47.7 Å². The summed E-state index contributed by atoms with van der Waals surface area (Å²) in [5.74, 6) is 2.25. The highest BCUT2D eigenvalue weighted by atomic mass is 32.2. The molecule has 2 aliphatic heterocycles. The lowest BCUT2D eigenvalue weighted by Crippen LogP contribution is -2.45. The highest BCUT2D eigenvalue weighted by molar-refractivity contribution is 7.87. The fraction of sp³-hybridized carbons (Fsp3) is 0.450. The molecule has 0 bridgehead atoms. The highest BCUT2D eigenvalue weighted by Crippen LogP contribution is 2.32. The molecule has 1 aromatic heterocycles. The number of benzene rings is 1. The topological polar surface area (TPSA) is 90.0 Å². The lowest BCUT2D eigenvalue weighted by molar-refractivity contribution is 0.174. The average molecular weight is 420 g/mol. The minimum absolute atomic E-state index is 0.191. The molecular weight excluding hydrogens is 394 g/mol. The van der Waals surface area contributed by atoms with Gasteiger partial charge in [-0.1, -0.05) is 13.0 Å². The van der Waals surface area contributed by atoms with Gasteiger partial charge < -0.3 is 14.2 Å². The summed E-state index contributed by atoms with van der Waals surface area (Å²) in [4.78, 5) is 4.21. The van der Waals surface area contributed by atoms with E-state index in [1.54, 1.807) is 18.3 Å². The van der Waals surface area contributed by atoms with E-state index in [9.17, 15) is 8.42 Å². The molecule has 0 saturated carbocycles. The number of piperidine rings is 1. The van der Waals surface area contributed by atoms with E-state index in [0.717, 1.165) is 29.7 Å². The fourth-order valence-electron chi connectivity index (χ4n) is 3.46. The predicted octanol–water partition coefficient (Wildman–Crippen LogP) is 2.46. The van der Waals surface area contributed by atoms with Crippen molar-refractivity contribution in [3.8, 4) is 17.4 Å². The second-order valence-corrected chi connectivity index (χ2v) is 9.17. The largest absolute Gasteiger partial charge is 0.473 e. The van der Waals surface area contributed by atoms with Crippen LogP contribution >= 0.6 is 0 Å². The van der Waals surface area contributed by atoms with Gasteiger partial charge in [-0.2, -0.15) is 17.4 Å². The second-order valence-electron chi connectivity index (χ2n) is 7.41. The third kappa shape index (κ3) is 4.98. The Hall–Kier alpha value is -2.36. The molecule has 0 aliphatic carbocycles. The minimum Gasteiger partial charge on any atom is -0.473 e. The van der Waals surface area contributed by atoms with Crippen LogP contribution in [0.1, 0.15) is 30.9 Å². The van der Waals surface area contributed by atoms with Gasteiger partial charge in [0.05, 0.1) is 0 Å². The van der Waals surface area contributed by atoms with Gasteiger partial charge in [0.15, 0.2) is 11.5 Å². The van der Waals surface area contributed by atoms with Crippen molar-refractivity contribution in [1.82, 2.24) is 14.0 Å². The summed E-state index contributed by atoms with van der Waals surface area (Å²) in [6.07, 6.45) is 3.58. The lowest BCUT2D eigenvalue weighted by Gasteiger charge is -2.30. The molecule has 4 rings (SSSR count). The van der Waals surface area contributed by atoms with Crippen LogP contribution < -0.4 is 18.9 Å². The van der Waals surface area contributed by atoms with Gasteiger partial charge in [0.2, 0.25) is 12.7 Å². The molecule has 1 saturated heterocycles. The number of fused-ring (bicyclic) bond motifs is 1. The molecule has 1 atom stereocenters. The van der Waals surface area contributed by atoms with E-state index >= 15 is 0 Å². The van der Waals surface area contributed by atoms with E-state index in [1.165, 1.54) is 4.31 Å². The molecule has 0 unspecified atom stereocenters. The van der Waals surface area contributed by atoms with Crippen LogP contribution in [0.25, 0.3) is 0 Å². The summed E-state index contributed by atoms with van der Waals surface area (Å²) < 4.78 is 45.7. The normalized spacial score (nSPS) is 19.3. The molecule has 2 aliphatic rings. The molecule has 1 N–H and O–H groups in total. The van der Waals surface area contributed by atoms with Crippen molar-refractivity contribution in [1.29, 1.82) is 0 Å². The van der Waals surface area contributed by atoms with E-state index in [1.807, 2.05) is 18.2 Å². The van der Waals surface area contributed by atoms with Crippen LogP contribution in [0.15, 0.2) is 36.5 Å². The van der Waals surface area contributed by atoms with Gasteiger partial charge in [-0.25, -0.2) is 4.98 Å². The zero-order chi connectivity index (χ0) is 20.3. The maximum Gasteiger partial charge on any atom is 0.279 e. The Labute approximate surface area is 171 Å². The van der Waals surface area contributed by atoms with Crippen molar-refractivity contribution in [2.45, 2.75) is 32.9 Å². The van der Waals surface area contributed by atoms with Crippen LogP contribution in [-0.2, 0) is 23.4 Å². The van der Waals surface area contributed by atoms with Crippen molar-refractivity contribution < 1.29 is 22.6 Å². The summed E-state index contributed by atoms with van der Waals surface area (Å²) in [5.41, 5.74) is 1.72. The zero-order valence-corrected chi connectivity index (χ0v) is 17.2. The number of hydrogen-bond donors (Lipinski definition) is 1. The third-order valence-corrected chi connectivity index (χ3v) is 6.56. The highest BCUT2D eigenvalue weighted by Gasteiger charge is 2.26. The monoisotopic (exact) mass is 419 g/mol. The first-order valence-electron chi connectivity index (χ1n) is 9.70. The Morgan fingerprint density at radius 1 is 1.21 bits per heavy atom. The third-order valence-electron chi connectivity index (χ3n) is 5.04. The molecular formula is C20H25N3O5S. The first-order valence-corrected chi connectivity index (χ1v) is 11.1. The quantitative estimate of drug-likeness (QED) is 0.742. The van der Waals surface area contributed by atoms with Crippen LogP contribution in [0.2, 0.25) is 0 Å². The van der Waals surface area contributed by atoms with Gasteiger partial charge in [0.1, 0.15) is 6.61 Å². The molecule has 29 heavy (non-hydrogen) atoms. The van der Waals surface area contributed by atoms with Gasteiger partial charge in [0, 0.05) is 31.9 Å². The zero-order valence-electron chi connectivity index (χ0n) is 16.3. The van der Waals surface area contributed by atoms with Gasteiger partial charge in [-0.15, -0.1) is 0 Å². The molecule has 8 nitrogen and oxygen atoms in total. The fourth-order valence-corrected chi connectivity index (χ4v) is 4.81. The van der Waals surface area contributed by atoms with Crippen LogP contribution in [0.4, 0.5) is 0 Å². The second kappa shape index (κ2) is 8.56. The number of aromatic nitrogens is 1. The summed E-state index contributed by atoms with van der Waals surface area (Å²) in [7, 11) is -3.49. The molecule has 156 valence electrons. The first kappa shape index (κ1) is 19.9. The summed E-state index contributed by atoms with van der Waals surface area (Å²) in [5, 5.41) is 0. The molecule has 0 radical (unpaired) electrons. The van der Waals surface area contributed by atoms with Crippen LogP contribution in [0.5, 0.6) is 17.4 Å². The van der Waals surface area contributed by atoms with Gasteiger partial charge in [-0.05, 0) is 48.1 Å². The van der Waals surface area contributed by atoms with Crippen molar-refractivity contribution in [2.75, 3.05) is 19.9 Å². The lowest BCUT2D eigenvalue weighted by atomic mass is 10.0. The van der Waals surface area contributed by atoms with Crippen LogP contribution in [-0.4, -0.2) is 37.6 Å². The van der Waals surface area contributed by atoms with E-state index < -0.39 is 10.2 Å². The SMILES string of the molecule is C[C@@H]1CCCN(S(=O)(=O)NCc2ccnc(OCc3ccc4c(c3)OCO4)c2)C1. The molecule has 0 spiro atoms. The maximum atomic E-state index is 12.5. The summed E-state index contributed by atoms with van der Waals surface area (Å²) >= 11 is 0. The molecule has 2 aromatic rings. The molecule has 0 amide bonds. The van der Waals surface area contributed by atoms with Gasteiger partial charge in [-0.3, -0.25) is 0 Å². The number of rotatable bonds is 7. The van der Waals surface area contributed by atoms with E-state index in [-0.39, 0.29) is 13.3 Å². The van der Waals surface area contributed by atoms with Crippen LogP contribution in [0.3, 0.4) is 0 Å². The Morgan fingerprint density at radius 3 is 2.93 bits per heavy atom. The summed E-state index contributed by atoms with van der Waals surface area (Å²) in [6.45, 7) is 3.96. The van der Waals surface area contributed by atoms with Gasteiger partial charge >= 0.3 is 0 Å². The van der Waals surface area contributed by atoms with E-state index in [4.69, 9.17) is 14.2 Å². The molecule has 9 heteroatoms. The number of nitrogens with zero attached hydrogens (tertiary/aromatic N) is 2. The number of ether oxygens (including phenoxy) is 3. The summed E-state index contributed by atoms with van der Waals surface area (Å²) in [6, 6.07) is 9.15. The van der Waals surface area contributed by atoms with E-state index in [2.05, 4.69) is 16.6 Å². The average Bonchev–Trinajstić information content (AvgIpc) is 3.19. The van der Waals surface area contributed by atoms with Crippen LogP contribution in [0, 0.1) is 5.92 Å². The molecule has 1 aromatic carbocycles. The van der Waals surface area contributed by atoms with E-state index in [0.29, 0.717) is 37.2 Å². The van der Waals surface area contributed by atoms with Crippen molar-refractivity contribution >= 4 is 10.2 Å². The Bertz CT molecular complexity index is 966. The Kier molecular flexibility index (Phi) is 5.89. The number of pyridine rings is 1. The standard InChI is InChI=1S/C20H25N3O5S/c1-15-3-2-8-23(12-15)29(24,25)22-11-16-6-7-21-20(10-16)26-13-17-4-5-18-19(9-17)28-14-27-18/h4-7,9-10,15,22H,2-3,8,11-14H2,1H3/t15-/m1/s1. The van der Waals surface area contributed by atoms with Crippen molar-refractivity contribution in [2.24, 2.45) is 5.92 Å². The minimum atomic E-state index is -3.49. The number of nitrogens with one attached hydrogen (secondary N) is 1. The first-order chi connectivity index (χ1) is 14.0. The molecule has 3 heterocycles. The smallest absolute Gasteiger partial charge is 0.279 e. The molecule has 1 fully saturated rings. The number of hydrogen-bond acceptors (Lipinski definition) is 6. The maximum absolute atomic E-state index is 12.5. The Balaban J connectivity index is 1.33. The van der Waals surface area contributed by atoms with Crippen molar-refractivity contribution in [3.63, 3.8) is 0 Å².